The smallest absolute Gasteiger partial charge is 0.281 e. The number of aryl methyl sites for hydroxylation is 3. The summed E-state index contributed by atoms with van der Waals surface area (Å²) in [5, 5.41) is 9.23. The van der Waals surface area contributed by atoms with E-state index in [4.69, 9.17) is 4.98 Å². The predicted molar refractivity (Wildman–Crippen MR) is 120 cm³/mol. The molecule has 4 aromatic rings. The predicted octanol–water partition coefficient (Wildman–Crippen LogP) is 4.88. The number of nitrogens with zero attached hydrogens (tertiary/aromatic N) is 6. The largest absolute Gasteiger partial charge is 0.292 e. The Labute approximate surface area is 193 Å². The van der Waals surface area contributed by atoms with E-state index in [0.717, 1.165) is 29.1 Å². The number of carbonyl (C=O) groups is 1. The highest BCUT2D eigenvalue weighted by atomic mass is 32.1. The highest BCUT2D eigenvalue weighted by Crippen LogP contribution is 2.35. The maximum absolute atomic E-state index is 13.3. The number of benzene rings is 1. The number of Topliss-reactive ketones (excluding diaryl/α,β-unsaturated/α-hetero) is 1. The Bertz CT molecular complexity index is 1310. The van der Waals surface area contributed by atoms with Crippen molar-refractivity contribution in [3.05, 3.63) is 58.6 Å². The lowest BCUT2D eigenvalue weighted by atomic mass is 9.91. The molecule has 33 heavy (non-hydrogen) atoms. The number of alkyl halides is 2. The molecule has 1 aliphatic heterocycles. The Morgan fingerprint density at radius 1 is 1.24 bits per heavy atom. The zero-order valence-electron chi connectivity index (χ0n) is 18.2. The van der Waals surface area contributed by atoms with Crippen LogP contribution in [0.4, 0.5) is 8.78 Å². The second kappa shape index (κ2) is 8.58. The van der Waals surface area contributed by atoms with Crippen molar-refractivity contribution in [1.82, 2.24) is 29.5 Å². The summed E-state index contributed by atoms with van der Waals surface area (Å²) in [7, 11) is 1.69. The molecule has 10 heteroatoms. The molecule has 0 amide bonds. The average Bonchev–Trinajstić information content (AvgIpc) is 3.50. The molecule has 1 aromatic carbocycles. The van der Waals surface area contributed by atoms with Crippen molar-refractivity contribution in [2.24, 2.45) is 13.0 Å². The van der Waals surface area contributed by atoms with Gasteiger partial charge in [0.15, 0.2) is 11.6 Å². The fourth-order valence-corrected chi connectivity index (χ4v) is 5.20. The molecule has 5 rings (SSSR count). The molecule has 0 fully saturated rings. The maximum Gasteiger partial charge on any atom is 0.281 e. The van der Waals surface area contributed by atoms with Gasteiger partial charge in [0.25, 0.3) is 6.43 Å². The van der Waals surface area contributed by atoms with E-state index in [0.29, 0.717) is 46.4 Å². The van der Waals surface area contributed by atoms with Crippen molar-refractivity contribution >= 4 is 17.1 Å². The van der Waals surface area contributed by atoms with Gasteiger partial charge in [0.05, 0.1) is 11.8 Å². The molecular formula is C23H22F2N6OS. The fourth-order valence-electron chi connectivity index (χ4n) is 4.26. The van der Waals surface area contributed by atoms with Crippen molar-refractivity contribution in [1.29, 1.82) is 0 Å². The van der Waals surface area contributed by atoms with Crippen molar-refractivity contribution in [3.8, 4) is 22.0 Å². The molecule has 0 saturated heterocycles. The topological polar surface area (TPSA) is 78.5 Å². The van der Waals surface area contributed by atoms with Crippen molar-refractivity contribution in [2.75, 3.05) is 0 Å². The van der Waals surface area contributed by atoms with E-state index in [2.05, 4.69) is 15.2 Å². The van der Waals surface area contributed by atoms with Gasteiger partial charge >= 0.3 is 0 Å². The van der Waals surface area contributed by atoms with Gasteiger partial charge in [-0.1, -0.05) is 30.3 Å². The summed E-state index contributed by atoms with van der Waals surface area (Å²) >= 11 is 1.16. The number of thiazole rings is 1. The third kappa shape index (κ3) is 4.10. The van der Waals surface area contributed by atoms with Gasteiger partial charge in [-0.3, -0.25) is 9.48 Å². The Morgan fingerprint density at radius 2 is 2.03 bits per heavy atom. The first-order valence-corrected chi connectivity index (χ1v) is 11.5. The summed E-state index contributed by atoms with van der Waals surface area (Å²) in [4.78, 5) is 22.5. The van der Waals surface area contributed by atoms with Gasteiger partial charge in [0, 0.05) is 36.9 Å². The summed E-state index contributed by atoms with van der Waals surface area (Å²) in [6.45, 7) is 2.32. The normalized spacial score (nSPS) is 15.7. The average molecular weight is 469 g/mol. The van der Waals surface area contributed by atoms with Crippen LogP contribution in [0.15, 0.2) is 36.5 Å². The number of rotatable bonds is 6. The molecule has 0 spiro atoms. The summed E-state index contributed by atoms with van der Waals surface area (Å²) < 4.78 is 29.8. The monoisotopic (exact) mass is 468 g/mol. The zero-order valence-corrected chi connectivity index (χ0v) is 19.0. The van der Waals surface area contributed by atoms with Crippen LogP contribution in [-0.2, 0) is 20.0 Å². The van der Waals surface area contributed by atoms with Crippen molar-refractivity contribution in [2.45, 2.75) is 39.2 Å². The molecular weight excluding hydrogens is 446 g/mol. The first kappa shape index (κ1) is 21.6. The quantitative estimate of drug-likeness (QED) is 0.377. The summed E-state index contributed by atoms with van der Waals surface area (Å²) in [5.74, 6) is 1.62. The van der Waals surface area contributed by atoms with Crippen LogP contribution >= 0.6 is 11.3 Å². The zero-order chi connectivity index (χ0) is 23.1. The van der Waals surface area contributed by atoms with E-state index >= 15 is 0 Å². The Kier molecular flexibility index (Phi) is 5.61. The lowest BCUT2D eigenvalue weighted by Gasteiger charge is -2.21. The third-order valence-electron chi connectivity index (χ3n) is 5.95. The molecule has 1 atom stereocenters. The summed E-state index contributed by atoms with van der Waals surface area (Å²) in [6, 6.07) is 9.82. The second-order valence-electron chi connectivity index (χ2n) is 8.22. The van der Waals surface area contributed by atoms with E-state index < -0.39 is 6.43 Å². The minimum atomic E-state index is -2.65. The number of aromatic nitrogens is 6. The summed E-state index contributed by atoms with van der Waals surface area (Å²) in [5.41, 5.74) is 1.64. The van der Waals surface area contributed by atoms with E-state index in [-0.39, 0.29) is 17.4 Å². The van der Waals surface area contributed by atoms with Crippen LogP contribution in [0.5, 0.6) is 0 Å². The SMILES string of the molecule is Cc1sc(-c2cnn(C)c2C(=O)CC2CCn3nc(-c4ccccc4)nc3C2)nc1C(F)F. The van der Waals surface area contributed by atoms with Gasteiger partial charge in [-0.05, 0) is 19.3 Å². The molecule has 1 unspecified atom stereocenters. The van der Waals surface area contributed by atoms with E-state index in [1.165, 1.54) is 10.9 Å². The first-order valence-electron chi connectivity index (χ1n) is 10.7. The van der Waals surface area contributed by atoms with Gasteiger partial charge in [-0.25, -0.2) is 23.4 Å². The van der Waals surface area contributed by atoms with Crippen LogP contribution in [0, 0.1) is 12.8 Å². The summed E-state index contributed by atoms with van der Waals surface area (Å²) in [6.07, 6.45) is 0.683. The van der Waals surface area contributed by atoms with Crippen molar-refractivity contribution < 1.29 is 13.6 Å². The second-order valence-corrected chi connectivity index (χ2v) is 9.42. The van der Waals surface area contributed by atoms with E-state index in [1.807, 2.05) is 35.0 Å². The molecule has 0 radical (unpaired) electrons. The maximum atomic E-state index is 13.3. The molecule has 170 valence electrons. The van der Waals surface area contributed by atoms with Crippen LogP contribution in [0.2, 0.25) is 0 Å². The Balaban J connectivity index is 1.35. The third-order valence-corrected chi connectivity index (χ3v) is 6.97. The molecule has 0 aliphatic carbocycles. The number of hydrogen-bond donors (Lipinski definition) is 0. The lowest BCUT2D eigenvalue weighted by Crippen LogP contribution is -2.23. The van der Waals surface area contributed by atoms with E-state index in [9.17, 15) is 13.6 Å². The minimum Gasteiger partial charge on any atom is -0.292 e. The molecule has 3 aromatic heterocycles. The first-order chi connectivity index (χ1) is 15.9. The molecule has 0 bridgehead atoms. The fraction of sp³-hybridized carbons (Fsp3) is 0.348. The van der Waals surface area contributed by atoms with Crippen LogP contribution < -0.4 is 0 Å². The number of carbonyl (C=O) groups excluding carboxylic acids is 1. The van der Waals surface area contributed by atoms with Crippen LogP contribution in [0.3, 0.4) is 0 Å². The Hall–Kier alpha value is -3.27. The van der Waals surface area contributed by atoms with E-state index in [1.54, 1.807) is 14.0 Å². The number of halogens is 2. The highest BCUT2D eigenvalue weighted by molar-refractivity contribution is 7.15. The minimum absolute atomic E-state index is 0.0716. The van der Waals surface area contributed by atoms with Gasteiger partial charge < -0.3 is 0 Å². The van der Waals surface area contributed by atoms with Crippen LogP contribution in [-0.4, -0.2) is 35.3 Å². The van der Waals surface area contributed by atoms with Gasteiger partial charge in [-0.15, -0.1) is 11.3 Å². The number of hydrogen-bond acceptors (Lipinski definition) is 6. The lowest BCUT2D eigenvalue weighted by molar-refractivity contribution is 0.0944. The molecule has 4 heterocycles. The standard InChI is InChI=1S/C23H22F2N6OS/c1-13-19(21(24)25)28-23(33-13)16-12-26-30(2)20(16)17(32)10-14-8-9-31-18(11-14)27-22(29-31)15-6-4-3-5-7-15/h3-7,12,14,21H,8-11H2,1-2H3. The van der Waals surface area contributed by atoms with Crippen molar-refractivity contribution in [3.63, 3.8) is 0 Å². The van der Waals surface area contributed by atoms with Gasteiger partial charge in [0.1, 0.15) is 22.2 Å². The molecule has 7 nitrogen and oxygen atoms in total. The van der Waals surface area contributed by atoms with Gasteiger partial charge in [0.2, 0.25) is 0 Å². The number of fused-ring (bicyclic) bond motifs is 1. The van der Waals surface area contributed by atoms with Crippen LogP contribution in [0.25, 0.3) is 22.0 Å². The number of ketones is 1. The Morgan fingerprint density at radius 3 is 2.76 bits per heavy atom. The molecule has 0 N–H and O–H groups in total. The van der Waals surface area contributed by atoms with Crippen LogP contribution in [0.1, 0.15) is 46.2 Å². The highest BCUT2D eigenvalue weighted by Gasteiger charge is 2.28. The van der Waals surface area contributed by atoms with Gasteiger partial charge in [-0.2, -0.15) is 10.2 Å². The molecule has 0 saturated carbocycles. The molecule has 1 aliphatic rings.